The first-order valence-corrected chi connectivity index (χ1v) is 7.15. The first-order valence-electron chi connectivity index (χ1n) is 7.15. The number of anilines is 3. The van der Waals surface area contributed by atoms with E-state index in [0.717, 1.165) is 49.2 Å². The first-order chi connectivity index (χ1) is 10.1. The van der Waals surface area contributed by atoms with Gasteiger partial charge < -0.3 is 15.5 Å². The predicted octanol–water partition coefficient (Wildman–Crippen LogP) is 1.40. The van der Waals surface area contributed by atoms with E-state index in [0.29, 0.717) is 5.69 Å². The second-order valence-electron chi connectivity index (χ2n) is 5.34. The zero-order valence-corrected chi connectivity index (χ0v) is 12.5. The molecule has 0 unspecified atom stereocenters. The van der Waals surface area contributed by atoms with Crippen LogP contribution in [-0.2, 0) is 0 Å². The lowest BCUT2D eigenvalue weighted by atomic mass is 10.2. The molecule has 1 fully saturated rings. The molecule has 2 N–H and O–H groups in total. The normalized spacial score (nSPS) is 15.3. The van der Waals surface area contributed by atoms with Crippen molar-refractivity contribution in [3.63, 3.8) is 0 Å². The van der Waals surface area contributed by atoms with Crippen LogP contribution in [0.25, 0.3) is 0 Å². The summed E-state index contributed by atoms with van der Waals surface area (Å²) in [5.74, 6) is 1.98. The second kappa shape index (κ2) is 5.55. The highest BCUT2D eigenvalue weighted by molar-refractivity contribution is 5.49. The fourth-order valence-corrected chi connectivity index (χ4v) is 2.56. The third-order valence-corrected chi connectivity index (χ3v) is 3.72. The summed E-state index contributed by atoms with van der Waals surface area (Å²) in [6.45, 7) is 7.67. The Morgan fingerprint density at radius 1 is 0.952 bits per heavy atom. The van der Waals surface area contributed by atoms with E-state index in [1.165, 1.54) is 0 Å². The van der Waals surface area contributed by atoms with Gasteiger partial charge in [0.15, 0.2) is 0 Å². The third kappa shape index (κ3) is 2.89. The van der Waals surface area contributed by atoms with E-state index < -0.39 is 0 Å². The molecular weight excluding hydrogens is 264 g/mol. The molecule has 3 heterocycles. The molecule has 0 bridgehead atoms. The maximum absolute atomic E-state index is 5.68. The van der Waals surface area contributed by atoms with E-state index >= 15 is 0 Å². The lowest BCUT2D eigenvalue weighted by Crippen LogP contribution is -2.47. The monoisotopic (exact) mass is 284 g/mol. The SMILES string of the molecule is Cc1cnc(C)c(N2CCN(c3ccc(N)cn3)CC2)n1. The topological polar surface area (TPSA) is 71.2 Å². The maximum atomic E-state index is 5.68. The average Bonchev–Trinajstić information content (AvgIpc) is 2.51. The van der Waals surface area contributed by atoms with Crippen molar-refractivity contribution >= 4 is 17.3 Å². The van der Waals surface area contributed by atoms with Crippen molar-refractivity contribution in [2.75, 3.05) is 41.7 Å². The number of aromatic nitrogens is 3. The van der Waals surface area contributed by atoms with Crippen LogP contribution in [0.3, 0.4) is 0 Å². The number of nitrogens with two attached hydrogens (primary N) is 1. The van der Waals surface area contributed by atoms with Crippen LogP contribution in [0.1, 0.15) is 11.4 Å². The Bertz CT molecular complexity index is 617. The van der Waals surface area contributed by atoms with E-state index in [-0.39, 0.29) is 0 Å². The van der Waals surface area contributed by atoms with Crippen LogP contribution in [0.15, 0.2) is 24.5 Å². The molecule has 6 nitrogen and oxygen atoms in total. The molecule has 1 aliphatic heterocycles. The summed E-state index contributed by atoms with van der Waals surface area (Å²) in [6, 6.07) is 3.87. The van der Waals surface area contributed by atoms with Gasteiger partial charge in [0, 0.05) is 32.4 Å². The molecule has 0 amide bonds. The van der Waals surface area contributed by atoms with Gasteiger partial charge in [0.05, 0.1) is 23.3 Å². The van der Waals surface area contributed by atoms with Gasteiger partial charge in [-0.3, -0.25) is 4.98 Å². The van der Waals surface area contributed by atoms with Crippen molar-refractivity contribution in [3.05, 3.63) is 35.9 Å². The van der Waals surface area contributed by atoms with Gasteiger partial charge >= 0.3 is 0 Å². The fourth-order valence-electron chi connectivity index (χ4n) is 2.56. The molecule has 110 valence electrons. The quantitative estimate of drug-likeness (QED) is 0.898. The number of rotatable bonds is 2. The minimum absolute atomic E-state index is 0.697. The van der Waals surface area contributed by atoms with E-state index in [1.54, 1.807) is 6.20 Å². The summed E-state index contributed by atoms with van der Waals surface area (Å²) in [5.41, 5.74) is 8.32. The highest BCUT2D eigenvalue weighted by Crippen LogP contribution is 2.20. The minimum atomic E-state index is 0.697. The third-order valence-electron chi connectivity index (χ3n) is 3.72. The molecule has 0 aromatic carbocycles. The Morgan fingerprint density at radius 3 is 2.33 bits per heavy atom. The smallest absolute Gasteiger partial charge is 0.150 e. The van der Waals surface area contributed by atoms with Gasteiger partial charge in [-0.15, -0.1) is 0 Å². The van der Waals surface area contributed by atoms with E-state index in [2.05, 4.69) is 24.8 Å². The second-order valence-corrected chi connectivity index (χ2v) is 5.34. The van der Waals surface area contributed by atoms with Crippen molar-refractivity contribution in [2.45, 2.75) is 13.8 Å². The van der Waals surface area contributed by atoms with Crippen LogP contribution in [0.4, 0.5) is 17.3 Å². The first kappa shape index (κ1) is 13.6. The molecule has 0 saturated carbocycles. The lowest BCUT2D eigenvalue weighted by molar-refractivity contribution is 0.638. The summed E-state index contributed by atoms with van der Waals surface area (Å²) in [7, 11) is 0. The van der Waals surface area contributed by atoms with Crippen LogP contribution in [0.2, 0.25) is 0 Å². The van der Waals surface area contributed by atoms with Crippen LogP contribution in [-0.4, -0.2) is 41.1 Å². The largest absolute Gasteiger partial charge is 0.397 e. The Labute approximate surface area is 124 Å². The van der Waals surface area contributed by atoms with E-state index in [4.69, 9.17) is 5.73 Å². The number of nitrogens with zero attached hydrogens (tertiary/aromatic N) is 5. The van der Waals surface area contributed by atoms with Crippen molar-refractivity contribution in [3.8, 4) is 0 Å². The average molecular weight is 284 g/mol. The van der Waals surface area contributed by atoms with Gasteiger partial charge in [0.1, 0.15) is 11.6 Å². The number of hydrogen-bond acceptors (Lipinski definition) is 6. The highest BCUT2D eigenvalue weighted by Gasteiger charge is 2.20. The van der Waals surface area contributed by atoms with Gasteiger partial charge in [-0.25, -0.2) is 9.97 Å². The van der Waals surface area contributed by atoms with Crippen LogP contribution < -0.4 is 15.5 Å². The maximum Gasteiger partial charge on any atom is 0.150 e. The summed E-state index contributed by atoms with van der Waals surface area (Å²) < 4.78 is 0. The van der Waals surface area contributed by atoms with Gasteiger partial charge in [0.25, 0.3) is 0 Å². The fraction of sp³-hybridized carbons (Fsp3) is 0.400. The molecule has 0 radical (unpaired) electrons. The Kier molecular flexibility index (Phi) is 3.60. The molecule has 3 rings (SSSR count). The Balaban J connectivity index is 1.70. The van der Waals surface area contributed by atoms with Crippen LogP contribution in [0, 0.1) is 13.8 Å². The molecule has 0 spiro atoms. The molecule has 1 aliphatic rings. The summed E-state index contributed by atoms with van der Waals surface area (Å²) in [4.78, 5) is 18.0. The summed E-state index contributed by atoms with van der Waals surface area (Å²) in [5, 5.41) is 0. The van der Waals surface area contributed by atoms with Crippen LogP contribution >= 0.6 is 0 Å². The summed E-state index contributed by atoms with van der Waals surface area (Å²) >= 11 is 0. The van der Waals surface area contributed by atoms with Gasteiger partial charge in [-0.2, -0.15) is 0 Å². The van der Waals surface area contributed by atoms with Gasteiger partial charge in [0.2, 0.25) is 0 Å². The van der Waals surface area contributed by atoms with Crippen molar-refractivity contribution in [1.82, 2.24) is 15.0 Å². The molecule has 2 aromatic rings. The Morgan fingerprint density at radius 2 is 1.67 bits per heavy atom. The number of nitrogen functional groups attached to an aromatic ring is 1. The number of piperazine rings is 1. The van der Waals surface area contributed by atoms with E-state index in [1.807, 2.05) is 32.2 Å². The number of aryl methyl sites for hydroxylation is 2. The number of hydrogen-bond donors (Lipinski definition) is 1. The molecular formula is C15H20N6. The molecule has 6 heteroatoms. The molecule has 21 heavy (non-hydrogen) atoms. The van der Waals surface area contributed by atoms with Crippen molar-refractivity contribution in [1.29, 1.82) is 0 Å². The predicted molar refractivity (Wildman–Crippen MR) is 84.6 cm³/mol. The van der Waals surface area contributed by atoms with E-state index in [9.17, 15) is 0 Å². The summed E-state index contributed by atoms with van der Waals surface area (Å²) in [6.07, 6.45) is 3.52. The van der Waals surface area contributed by atoms with Crippen LogP contribution in [0.5, 0.6) is 0 Å². The standard InChI is InChI=1S/C15H20N6/c1-11-9-17-12(2)15(19-11)21-7-5-20(6-8-21)14-4-3-13(16)10-18-14/h3-4,9-10H,5-8,16H2,1-2H3. The van der Waals surface area contributed by atoms with Crippen molar-refractivity contribution < 1.29 is 0 Å². The molecule has 0 aliphatic carbocycles. The molecule has 0 atom stereocenters. The van der Waals surface area contributed by atoms with Gasteiger partial charge in [-0.05, 0) is 26.0 Å². The molecule has 1 saturated heterocycles. The lowest BCUT2D eigenvalue weighted by Gasteiger charge is -2.36. The van der Waals surface area contributed by atoms with Crippen molar-refractivity contribution in [2.24, 2.45) is 0 Å². The zero-order valence-electron chi connectivity index (χ0n) is 12.5. The zero-order chi connectivity index (χ0) is 14.8. The minimum Gasteiger partial charge on any atom is -0.397 e. The van der Waals surface area contributed by atoms with Gasteiger partial charge in [-0.1, -0.05) is 0 Å². The molecule has 2 aromatic heterocycles. The Hall–Kier alpha value is -2.37. The number of pyridine rings is 1. The highest BCUT2D eigenvalue weighted by atomic mass is 15.3.